The fourth-order valence-electron chi connectivity index (χ4n) is 3.62. The van der Waals surface area contributed by atoms with Gasteiger partial charge in [-0.05, 0) is 35.9 Å². The Hall–Kier alpha value is -3.85. The number of likely N-dealkylation sites (tertiary alicyclic amines) is 1. The van der Waals surface area contributed by atoms with Crippen molar-refractivity contribution in [3.05, 3.63) is 64.7 Å². The molecular formula is C23H23NO8. The molecule has 1 aliphatic rings. The molecule has 2 N–H and O–H groups in total. The number of nitrogens with zero attached hydrogens (tertiary/aromatic N) is 1. The van der Waals surface area contributed by atoms with Crippen LogP contribution in [0.5, 0.6) is 11.5 Å². The van der Waals surface area contributed by atoms with Crippen LogP contribution in [0.15, 0.2) is 48.0 Å². The minimum atomic E-state index is -0.957. The highest BCUT2D eigenvalue weighted by Crippen LogP contribution is 2.40. The highest BCUT2D eigenvalue weighted by Gasteiger charge is 2.45. The summed E-state index contributed by atoms with van der Waals surface area (Å²) in [7, 11) is 4.16. The van der Waals surface area contributed by atoms with Crippen molar-refractivity contribution in [1.29, 1.82) is 0 Å². The zero-order chi connectivity index (χ0) is 23.4. The van der Waals surface area contributed by atoms with E-state index in [1.54, 1.807) is 18.2 Å². The lowest BCUT2D eigenvalue weighted by Crippen LogP contribution is -2.32. The monoisotopic (exact) mass is 441 g/mol. The summed E-state index contributed by atoms with van der Waals surface area (Å²) in [4.78, 5) is 38.5. The fraction of sp³-hybridized carbons (Fsp3) is 0.261. The Bertz CT molecular complexity index is 1070. The minimum Gasteiger partial charge on any atom is -0.507 e. The van der Waals surface area contributed by atoms with Gasteiger partial charge >= 0.3 is 5.97 Å². The number of Topliss-reactive ketones (excluding diaryl/α,β-unsaturated/α-hetero) is 1. The van der Waals surface area contributed by atoms with Gasteiger partial charge in [-0.15, -0.1) is 0 Å². The predicted octanol–water partition coefficient (Wildman–Crippen LogP) is 1.90. The number of aliphatic hydroxyl groups is 2. The van der Waals surface area contributed by atoms with Crippen LogP contribution in [0.3, 0.4) is 0 Å². The number of hydrogen-bond donors (Lipinski definition) is 2. The third-order valence-corrected chi connectivity index (χ3v) is 5.19. The molecule has 0 saturated carbocycles. The molecule has 1 fully saturated rings. The van der Waals surface area contributed by atoms with Gasteiger partial charge in [0.05, 0.1) is 45.1 Å². The first-order valence-electron chi connectivity index (χ1n) is 9.67. The summed E-state index contributed by atoms with van der Waals surface area (Å²) in [5.74, 6) is -1.89. The van der Waals surface area contributed by atoms with Gasteiger partial charge in [0.2, 0.25) is 0 Å². The Kier molecular flexibility index (Phi) is 6.79. The van der Waals surface area contributed by atoms with Crippen LogP contribution >= 0.6 is 0 Å². The van der Waals surface area contributed by atoms with E-state index in [-0.39, 0.29) is 29.9 Å². The fourth-order valence-corrected chi connectivity index (χ4v) is 3.62. The van der Waals surface area contributed by atoms with E-state index in [0.717, 1.165) is 0 Å². The number of amides is 1. The zero-order valence-electron chi connectivity index (χ0n) is 17.8. The molecule has 0 spiro atoms. The van der Waals surface area contributed by atoms with Crippen LogP contribution in [0, 0.1) is 0 Å². The van der Waals surface area contributed by atoms with Crippen LogP contribution in [0.2, 0.25) is 0 Å². The molecule has 1 saturated heterocycles. The number of carbonyl (C=O) groups excluding carboxylic acids is 3. The first kappa shape index (κ1) is 22.8. The van der Waals surface area contributed by atoms with Crippen molar-refractivity contribution in [2.45, 2.75) is 6.04 Å². The van der Waals surface area contributed by atoms with Gasteiger partial charge in [-0.3, -0.25) is 9.59 Å². The molecule has 0 bridgehead atoms. The molecule has 3 rings (SSSR count). The van der Waals surface area contributed by atoms with E-state index >= 15 is 0 Å². The van der Waals surface area contributed by atoms with E-state index in [4.69, 9.17) is 14.2 Å². The third kappa shape index (κ3) is 4.02. The van der Waals surface area contributed by atoms with Gasteiger partial charge in [-0.1, -0.05) is 12.1 Å². The second-order valence-electron chi connectivity index (χ2n) is 6.90. The number of rotatable bonds is 7. The Morgan fingerprint density at radius 3 is 2.16 bits per heavy atom. The average molecular weight is 441 g/mol. The van der Waals surface area contributed by atoms with E-state index in [9.17, 15) is 24.6 Å². The van der Waals surface area contributed by atoms with Crippen LogP contribution in [-0.4, -0.2) is 67.3 Å². The summed E-state index contributed by atoms with van der Waals surface area (Å²) in [6, 6.07) is 9.76. The topological polar surface area (TPSA) is 123 Å². The van der Waals surface area contributed by atoms with Gasteiger partial charge in [0, 0.05) is 12.1 Å². The maximum absolute atomic E-state index is 12.9. The molecule has 2 aromatic carbocycles. The number of methoxy groups -OCH3 is 3. The molecule has 1 heterocycles. The van der Waals surface area contributed by atoms with Crippen LogP contribution in [-0.2, 0) is 14.3 Å². The Morgan fingerprint density at radius 2 is 1.59 bits per heavy atom. The van der Waals surface area contributed by atoms with Crippen molar-refractivity contribution >= 4 is 23.4 Å². The zero-order valence-corrected chi connectivity index (χ0v) is 17.8. The summed E-state index contributed by atoms with van der Waals surface area (Å²) >= 11 is 0. The summed E-state index contributed by atoms with van der Waals surface area (Å²) in [5, 5.41) is 20.5. The van der Waals surface area contributed by atoms with E-state index < -0.39 is 29.5 Å². The molecule has 1 aliphatic heterocycles. The smallest absolute Gasteiger partial charge is 0.337 e. The highest BCUT2D eigenvalue weighted by molar-refractivity contribution is 6.46. The number of benzene rings is 2. The number of β-amino-alcohol motifs (C(OH)–C–C–N with tert-alkyl or cyclic N) is 1. The SMILES string of the molecule is COC(=O)c1ccc(C2/C(=C(/O)c3ccc(OC)c(OC)c3)C(=O)C(=O)N2CCO)cc1. The third-order valence-electron chi connectivity index (χ3n) is 5.19. The normalized spacial score (nSPS) is 17.4. The maximum atomic E-state index is 12.9. The van der Waals surface area contributed by atoms with Crippen molar-refractivity contribution in [3.63, 3.8) is 0 Å². The van der Waals surface area contributed by atoms with Crippen molar-refractivity contribution in [3.8, 4) is 11.5 Å². The molecule has 9 nitrogen and oxygen atoms in total. The highest BCUT2D eigenvalue weighted by atomic mass is 16.5. The Morgan fingerprint density at radius 1 is 0.969 bits per heavy atom. The summed E-state index contributed by atoms with van der Waals surface area (Å²) in [6.45, 7) is -0.489. The molecule has 0 aliphatic carbocycles. The Balaban J connectivity index is 2.16. The molecule has 9 heteroatoms. The standard InChI is InChI=1S/C23H23NO8/c1-30-16-9-8-15(12-17(16)31-2)20(26)18-19(24(10-11-25)22(28)21(18)27)13-4-6-14(7-5-13)23(29)32-3/h4-9,12,19,25-26H,10-11H2,1-3H3/b20-18-. The quantitative estimate of drug-likeness (QED) is 0.289. The van der Waals surface area contributed by atoms with Crippen molar-refractivity contribution < 1.29 is 38.8 Å². The summed E-state index contributed by atoms with van der Waals surface area (Å²) < 4.78 is 15.1. The van der Waals surface area contributed by atoms with Crippen molar-refractivity contribution in [1.82, 2.24) is 4.90 Å². The molecular weight excluding hydrogens is 418 g/mol. The van der Waals surface area contributed by atoms with Gasteiger partial charge in [-0.2, -0.15) is 0 Å². The molecule has 1 unspecified atom stereocenters. The van der Waals surface area contributed by atoms with Gasteiger partial charge in [0.15, 0.2) is 11.5 Å². The second-order valence-corrected chi connectivity index (χ2v) is 6.90. The number of ketones is 1. The molecule has 0 aromatic heterocycles. The lowest BCUT2D eigenvalue weighted by molar-refractivity contribution is -0.140. The van der Waals surface area contributed by atoms with Gasteiger partial charge in [0.1, 0.15) is 5.76 Å². The predicted molar refractivity (Wildman–Crippen MR) is 113 cm³/mol. The van der Waals surface area contributed by atoms with Crippen LogP contribution in [0.4, 0.5) is 0 Å². The van der Waals surface area contributed by atoms with Gasteiger partial charge < -0.3 is 29.3 Å². The van der Waals surface area contributed by atoms with Gasteiger partial charge in [-0.25, -0.2) is 4.79 Å². The van der Waals surface area contributed by atoms with Crippen molar-refractivity contribution in [2.75, 3.05) is 34.5 Å². The van der Waals surface area contributed by atoms with Crippen LogP contribution in [0.1, 0.15) is 27.5 Å². The average Bonchev–Trinajstić information content (AvgIpc) is 3.07. The molecule has 32 heavy (non-hydrogen) atoms. The lowest BCUT2D eigenvalue weighted by Gasteiger charge is -2.24. The van der Waals surface area contributed by atoms with Crippen molar-refractivity contribution in [2.24, 2.45) is 0 Å². The first-order valence-corrected chi connectivity index (χ1v) is 9.67. The number of aliphatic hydroxyl groups excluding tert-OH is 2. The van der Waals surface area contributed by atoms with E-state index in [1.165, 1.54) is 50.5 Å². The van der Waals surface area contributed by atoms with Crippen LogP contribution < -0.4 is 9.47 Å². The molecule has 1 amide bonds. The molecule has 2 aromatic rings. The lowest BCUT2D eigenvalue weighted by atomic mass is 9.94. The second kappa shape index (κ2) is 9.52. The van der Waals surface area contributed by atoms with Gasteiger partial charge in [0.25, 0.3) is 11.7 Å². The largest absolute Gasteiger partial charge is 0.507 e. The van der Waals surface area contributed by atoms with Crippen LogP contribution in [0.25, 0.3) is 5.76 Å². The minimum absolute atomic E-state index is 0.114. The number of carbonyl (C=O) groups is 3. The number of ether oxygens (including phenoxy) is 3. The first-order chi connectivity index (χ1) is 15.4. The molecule has 1 atom stereocenters. The Labute approximate surface area is 184 Å². The number of esters is 1. The summed E-state index contributed by atoms with van der Waals surface area (Å²) in [5.41, 5.74) is 0.880. The summed E-state index contributed by atoms with van der Waals surface area (Å²) in [6.07, 6.45) is 0. The van der Waals surface area contributed by atoms with E-state index in [2.05, 4.69) is 0 Å². The van der Waals surface area contributed by atoms with E-state index in [1.807, 2.05) is 0 Å². The number of hydrogen-bond acceptors (Lipinski definition) is 8. The maximum Gasteiger partial charge on any atom is 0.337 e. The van der Waals surface area contributed by atoms with E-state index in [0.29, 0.717) is 17.1 Å². The molecule has 0 radical (unpaired) electrons. The molecule has 168 valence electrons.